The Hall–Kier alpha value is -2.64. The summed E-state index contributed by atoms with van der Waals surface area (Å²) < 4.78 is 16.6. The lowest BCUT2D eigenvalue weighted by Gasteiger charge is -2.33. The average Bonchev–Trinajstić information content (AvgIpc) is 2.68. The van der Waals surface area contributed by atoms with E-state index in [4.69, 9.17) is 14.2 Å². The maximum atomic E-state index is 12.5. The molecule has 1 atom stereocenters. The van der Waals surface area contributed by atoms with Crippen LogP contribution in [0.15, 0.2) is 24.3 Å². The summed E-state index contributed by atoms with van der Waals surface area (Å²) in [6.45, 7) is 4.18. The maximum absolute atomic E-state index is 12.5. The van der Waals surface area contributed by atoms with Gasteiger partial charge in [-0.3, -0.25) is 0 Å². The molecule has 1 aromatic rings. The van der Waals surface area contributed by atoms with Gasteiger partial charge >= 0.3 is 12.1 Å². The van der Waals surface area contributed by atoms with E-state index in [1.807, 2.05) is 24.3 Å². The Balaban J connectivity index is 1.42. The zero-order valence-electron chi connectivity index (χ0n) is 15.8. The molecule has 1 unspecified atom stereocenters. The standard InChI is InChI=1S/C19H27N3O5/c1-3-25-19(24)22-10-8-14(9-11-22)20-18(23)21(2)12-15-13-26-16-6-4-5-7-17(16)27-15/h4-7,14-15H,3,8-13H2,1-2H3,(H,20,23). The quantitative estimate of drug-likeness (QED) is 0.869. The summed E-state index contributed by atoms with van der Waals surface area (Å²) in [5.74, 6) is 1.43. The van der Waals surface area contributed by atoms with E-state index in [1.165, 1.54) is 0 Å². The predicted octanol–water partition coefficient (Wildman–Crippen LogP) is 2.09. The molecule has 148 valence electrons. The smallest absolute Gasteiger partial charge is 0.409 e. The van der Waals surface area contributed by atoms with E-state index >= 15 is 0 Å². The van der Waals surface area contributed by atoms with Crippen molar-refractivity contribution in [2.45, 2.75) is 31.9 Å². The zero-order valence-corrected chi connectivity index (χ0v) is 15.8. The molecule has 3 rings (SSSR count). The zero-order chi connectivity index (χ0) is 19.2. The van der Waals surface area contributed by atoms with Crippen LogP contribution in [-0.2, 0) is 4.74 Å². The topological polar surface area (TPSA) is 80.3 Å². The van der Waals surface area contributed by atoms with Gasteiger partial charge in [-0.2, -0.15) is 0 Å². The number of nitrogens with zero attached hydrogens (tertiary/aromatic N) is 2. The van der Waals surface area contributed by atoms with E-state index in [-0.39, 0.29) is 24.3 Å². The first-order valence-corrected chi connectivity index (χ1v) is 9.38. The second-order valence-corrected chi connectivity index (χ2v) is 6.79. The number of ether oxygens (including phenoxy) is 3. The molecule has 2 aliphatic heterocycles. The molecule has 0 radical (unpaired) electrons. The summed E-state index contributed by atoms with van der Waals surface area (Å²) in [5.41, 5.74) is 0. The van der Waals surface area contributed by atoms with Crippen LogP contribution in [0, 0.1) is 0 Å². The van der Waals surface area contributed by atoms with Crippen LogP contribution in [0.3, 0.4) is 0 Å². The molecular formula is C19H27N3O5. The highest BCUT2D eigenvalue weighted by Gasteiger charge is 2.27. The Morgan fingerprint density at radius 1 is 1.26 bits per heavy atom. The molecule has 0 aliphatic carbocycles. The van der Waals surface area contributed by atoms with E-state index < -0.39 is 0 Å². The third-order valence-electron chi connectivity index (χ3n) is 4.74. The molecule has 0 saturated carbocycles. The number of rotatable bonds is 4. The second kappa shape index (κ2) is 8.83. The average molecular weight is 377 g/mol. The number of benzene rings is 1. The fourth-order valence-corrected chi connectivity index (χ4v) is 3.25. The summed E-state index contributed by atoms with van der Waals surface area (Å²) in [6.07, 6.45) is 0.944. The van der Waals surface area contributed by atoms with E-state index in [0.29, 0.717) is 38.6 Å². The van der Waals surface area contributed by atoms with Gasteiger partial charge < -0.3 is 29.3 Å². The van der Waals surface area contributed by atoms with Gasteiger partial charge in [0.25, 0.3) is 0 Å². The van der Waals surface area contributed by atoms with Crippen molar-refractivity contribution in [2.75, 3.05) is 39.9 Å². The normalized spacial score (nSPS) is 19.3. The lowest BCUT2D eigenvalue weighted by Crippen LogP contribution is -2.51. The summed E-state index contributed by atoms with van der Waals surface area (Å²) >= 11 is 0. The number of fused-ring (bicyclic) bond motifs is 1. The van der Waals surface area contributed by atoms with Gasteiger partial charge in [-0.15, -0.1) is 0 Å². The minimum atomic E-state index is -0.283. The van der Waals surface area contributed by atoms with E-state index in [2.05, 4.69) is 5.32 Å². The molecule has 1 aromatic carbocycles. The number of carbonyl (C=O) groups is 2. The van der Waals surface area contributed by atoms with Crippen molar-refractivity contribution in [1.82, 2.24) is 15.1 Å². The molecule has 2 aliphatic rings. The van der Waals surface area contributed by atoms with Gasteiger partial charge in [-0.05, 0) is 31.9 Å². The van der Waals surface area contributed by atoms with Crippen molar-refractivity contribution >= 4 is 12.1 Å². The lowest BCUT2D eigenvalue weighted by atomic mass is 10.1. The van der Waals surface area contributed by atoms with Crippen LogP contribution in [0.5, 0.6) is 11.5 Å². The molecular weight excluding hydrogens is 350 g/mol. The van der Waals surface area contributed by atoms with Crippen LogP contribution >= 0.6 is 0 Å². The molecule has 8 nitrogen and oxygen atoms in total. The van der Waals surface area contributed by atoms with Gasteiger partial charge in [0.05, 0.1) is 13.2 Å². The molecule has 1 saturated heterocycles. The van der Waals surface area contributed by atoms with E-state index in [9.17, 15) is 9.59 Å². The number of amides is 3. The summed E-state index contributed by atoms with van der Waals surface area (Å²) in [5, 5.41) is 3.03. The number of carbonyl (C=O) groups excluding carboxylic acids is 2. The number of urea groups is 1. The molecule has 27 heavy (non-hydrogen) atoms. The first kappa shape index (κ1) is 19.1. The lowest BCUT2D eigenvalue weighted by molar-refractivity contribution is 0.0703. The van der Waals surface area contributed by atoms with Crippen molar-refractivity contribution in [1.29, 1.82) is 0 Å². The van der Waals surface area contributed by atoms with Crippen LogP contribution in [0.25, 0.3) is 0 Å². The predicted molar refractivity (Wildman–Crippen MR) is 99.1 cm³/mol. The third kappa shape index (κ3) is 4.96. The fraction of sp³-hybridized carbons (Fsp3) is 0.579. The Morgan fingerprint density at radius 2 is 1.96 bits per heavy atom. The van der Waals surface area contributed by atoms with E-state index in [1.54, 1.807) is 23.8 Å². The molecule has 0 aromatic heterocycles. The highest BCUT2D eigenvalue weighted by atomic mass is 16.6. The largest absolute Gasteiger partial charge is 0.486 e. The highest BCUT2D eigenvalue weighted by molar-refractivity contribution is 5.74. The fourth-order valence-electron chi connectivity index (χ4n) is 3.25. The molecule has 0 spiro atoms. The number of hydrogen-bond donors (Lipinski definition) is 1. The molecule has 0 bridgehead atoms. The molecule has 8 heteroatoms. The Kier molecular flexibility index (Phi) is 6.26. The van der Waals surface area contributed by atoms with E-state index in [0.717, 1.165) is 18.6 Å². The Morgan fingerprint density at radius 3 is 2.67 bits per heavy atom. The van der Waals surface area contributed by atoms with Gasteiger partial charge in [-0.1, -0.05) is 12.1 Å². The first-order valence-electron chi connectivity index (χ1n) is 9.38. The number of likely N-dealkylation sites (N-methyl/N-ethyl adjacent to an activating group) is 1. The van der Waals surface area contributed by atoms with Crippen molar-refractivity contribution in [3.8, 4) is 11.5 Å². The van der Waals surface area contributed by atoms with Crippen LogP contribution in [0.1, 0.15) is 19.8 Å². The number of nitrogens with one attached hydrogen (secondary N) is 1. The molecule has 1 fully saturated rings. The van der Waals surface area contributed by atoms with Gasteiger partial charge in [0.1, 0.15) is 6.61 Å². The van der Waals surface area contributed by atoms with Gasteiger partial charge in [0, 0.05) is 26.2 Å². The Bertz CT molecular complexity index is 661. The van der Waals surface area contributed by atoms with Gasteiger partial charge in [-0.25, -0.2) is 9.59 Å². The van der Waals surface area contributed by atoms with Gasteiger partial charge in [0.15, 0.2) is 17.6 Å². The van der Waals surface area contributed by atoms with Crippen molar-refractivity contribution in [2.24, 2.45) is 0 Å². The SMILES string of the molecule is CCOC(=O)N1CCC(NC(=O)N(C)CC2COc3ccccc3O2)CC1. The van der Waals surface area contributed by atoms with Crippen LogP contribution < -0.4 is 14.8 Å². The maximum Gasteiger partial charge on any atom is 0.409 e. The monoisotopic (exact) mass is 377 g/mol. The minimum absolute atomic E-state index is 0.0508. The van der Waals surface area contributed by atoms with Crippen molar-refractivity contribution < 1.29 is 23.8 Å². The molecule has 1 N–H and O–H groups in total. The minimum Gasteiger partial charge on any atom is -0.486 e. The molecule has 3 amide bonds. The van der Waals surface area contributed by atoms with Crippen LogP contribution in [0.2, 0.25) is 0 Å². The Labute approximate surface area is 159 Å². The number of hydrogen-bond acceptors (Lipinski definition) is 5. The van der Waals surface area contributed by atoms with Crippen LogP contribution in [-0.4, -0.2) is 74.0 Å². The number of piperidine rings is 1. The first-order chi connectivity index (χ1) is 13.1. The van der Waals surface area contributed by atoms with Crippen molar-refractivity contribution in [3.63, 3.8) is 0 Å². The number of likely N-dealkylation sites (tertiary alicyclic amines) is 1. The van der Waals surface area contributed by atoms with Gasteiger partial charge in [0.2, 0.25) is 0 Å². The summed E-state index contributed by atoms with van der Waals surface area (Å²) in [4.78, 5) is 27.5. The van der Waals surface area contributed by atoms with Crippen LogP contribution in [0.4, 0.5) is 9.59 Å². The summed E-state index contributed by atoms with van der Waals surface area (Å²) in [6, 6.07) is 7.42. The third-order valence-corrected chi connectivity index (χ3v) is 4.74. The molecule has 2 heterocycles. The second-order valence-electron chi connectivity index (χ2n) is 6.79. The number of para-hydroxylation sites is 2. The highest BCUT2D eigenvalue weighted by Crippen LogP contribution is 2.30. The summed E-state index contributed by atoms with van der Waals surface area (Å²) in [7, 11) is 1.74. The van der Waals surface area contributed by atoms with Crippen molar-refractivity contribution in [3.05, 3.63) is 24.3 Å².